The Morgan fingerprint density at radius 3 is 2.33 bits per heavy atom. The number of nitrogens with zero attached hydrogens (tertiary/aromatic N) is 6. The summed E-state index contributed by atoms with van der Waals surface area (Å²) in [5.41, 5.74) is 0.759. The van der Waals surface area contributed by atoms with Crippen molar-refractivity contribution in [3.63, 3.8) is 0 Å². The first-order valence-corrected chi connectivity index (χ1v) is 18.6. The molecule has 1 aromatic heterocycles. The van der Waals surface area contributed by atoms with E-state index in [1.54, 1.807) is 17.4 Å². The number of nitrogens with one attached hydrogen (secondary N) is 1. The van der Waals surface area contributed by atoms with Crippen LogP contribution in [0.2, 0.25) is 0 Å². The summed E-state index contributed by atoms with van der Waals surface area (Å²) in [5, 5.41) is 4.02. The van der Waals surface area contributed by atoms with Gasteiger partial charge in [0.2, 0.25) is 0 Å². The Hall–Kier alpha value is -2.82. The lowest BCUT2D eigenvalue weighted by molar-refractivity contribution is 0.0500. The molecule has 4 fully saturated rings. The Labute approximate surface area is 287 Å². The standard InChI is InChI=1S/C38H58FN7O2/c1-27(2)46(28(3)4)37(47)33-22-30(39)6-7-34(33)48-35-23-40-26-41-36(35)45-19-10-29(25-45)24-44-20-15-38(16-21-44)13-8-31(9-14-38)42-32-11-17-43(5)18-12-32/h6-7,22-23,26-29,31-32,42H,8-21,24-25H2,1-5H3. The Balaban J connectivity index is 1.02. The van der Waals surface area contributed by atoms with Crippen LogP contribution in [0.1, 0.15) is 95.8 Å². The van der Waals surface area contributed by atoms with Crippen LogP contribution in [0.15, 0.2) is 30.7 Å². The maximum absolute atomic E-state index is 14.4. The van der Waals surface area contributed by atoms with E-state index in [4.69, 9.17) is 4.74 Å². The molecule has 1 unspecified atom stereocenters. The van der Waals surface area contributed by atoms with Gasteiger partial charge in [-0.2, -0.15) is 0 Å². The quantitative estimate of drug-likeness (QED) is 0.322. The SMILES string of the molecule is CC(C)N(C(=O)c1cc(F)ccc1Oc1cncnc1N1CCC(CN2CCC3(CCC(NC4CCN(C)CC4)CC3)CC2)C1)C(C)C. The minimum absolute atomic E-state index is 0.0394. The Morgan fingerprint density at radius 1 is 0.958 bits per heavy atom. The fourth-order valence-corrected chi connectivity index (χ4v) is 8.86. The summed E-state index contributed by atoms with van der Waals surface area (Å²) in [6.45, 7) is 15.6. The van der Waals surface area contributed by atoms with Gasteiger partial charge >= 0.3 is 0 Å². The maximum atomic E-state index is 14.4. The molecule has 1 N–H and O–H groups in total. The molecule has 1 aliphatic carbocycles. The highest BCUT2D eigenvalue weighted by molar-refractivity contribution is 5.97. The molecule has 1 spiro atoms. The van der Waals surface area contributed by atoms with E-state index in [0.29, 0.717) is 34.9 Å². The normalized spacial score (nSPS) is 23.0. The van der Waals surface area contributed by atoms with E-state index in [1.807, 2.05) is 27.7 Å². The van der Waals surface area contributed by atoms with Crippen LogP contribution >= 0.6 is 0 Å². The number of amides is 1. The number of rotatable bonds is 10. The summed E-state index contributed by atoms with van der Waals surface area (Å²) in [6, 6.07) is 5.49. The molecule has 6 rings (SSSR count). The van der Waals surface area contributed by atoms with Crippen molar-refractivity contribution in [3.05, 3.63) is 42.1 Å². The first-order valence-electron chi connectivity index (χ1n) is 18.6. The van der Waals surface area contributed by atoms with Gasteiger partial charge < -0.3 is 29.7 Å². The van der Waals surface area contributed by atoms with Gasteiger partial charge in [0.05, 0.1) is 11.8 Å². The van der Waals surface area contributed by atoms with Crippen LogP contribution in [0.4, 0.5) is 10.2 Å². The van der Waals surface area contributed by atoms with Gasteiger partial charge in [0.15, 0.2) is 11.6 Å². The van der Waals surface area contributed by atoms with Crippen LogP contribution in [0.3, 0.4) is 0 Å². The summed E-state index contributed by atoms with van der Waals surface area (Å²) in [4.78, 5) is 31.6. The highest BCUT2D eigenvalue weighted by Gasteiger charge is 2.39. The third-order valence-corrected chi connectivity index (χ3v) is 11.7. The highest BCUT2D eigenvalue weighted by Crippen LogP contribution is 2.45. The largest absolute Gasteiger partial charge is 0.451 e. The second-order valence-electron chi connectivity index (χ2n) is 15.8. The maximum Gasteiger partial charge on any atom is 0.258 e. The first-order chi connectivity index (χ1) is 23.1. The van der Waals surface area contributed by atoms with Crippen molar-refractivity contribution < 1.29 is 13.9 Å². The lowest BCUT2D eigenvalue weighted by Crippen LogP contribution is -2.49. The zero-order valence-electron chi connectivity index (χ0n) is 30.0. The molecule has 3 aliphatic heterocycles. The molecule has 10 heteroatoms. The zero-order chi connectivity index (χ0) is 33.8. The molecular weight excluding hydrogens is 605 g/mol. The fraction of sp³-hybridized carbons (Fsp3) is 0.711. The minimum Gasteiger partial charge on any atom is -0.451 e. The number of carbonyl (C=O) groups excluding carboxylic acids is 1. The number of ether oxygens (including phenoxy) is 1. The van der Waals surface area contributed by atoms with Gasteiger partial charge in [0.25, 0.3) is 5.91 Å². The smallest absolute Gasteiger partial charge is 0.258 e. The number of benzene rings is 1. The summed E-state index contributed by atoms with van der Waals surface area (Å²) in [5.74, 6) is 1.36. The van der Waals surface area contributed by atoms with Crippen molar-refractivity contribution in [2.45, 2.75) is 110 Å². The molecule has 3 saturated heterocycles. The average molecular weight is 664 g/mol. The molecule has 4 aliphatic rings. The summed E-state index contributed by atoms with van der Waals surface area (Å²) >= 11 is 0. The van der Waals surface area contributed by atoms with Crippen LogP contribution in [-0.4, -0.2) is 108 Å². The van der Waals surface area contributed by atoms with Gasteiger partial charge in [-0.05, 0) is 148 Å². The monoisotopic (exact) mass is 663 g/mol. The second-order valence-corrected chi connectivity index (χ2v) is 15.8. The molecule has 4 heterocycles. The molecule has 48 heavy (non-hydrogen) atoms. The summed E-state index contributed by atoms with van der Waals surface area (Å²) < 4.78 is 20.8. The Morgan fingerprint density at radius 2 is 1.65 bits per heavy atom. The van der Waals surface area contributed by atoms with Gasteiger partial charge in [-0.25, -0.2) is 14.4 Å². The lowest BCUT2D eigenvalue weighted by atomic mass is 9.67. The minimum atomic E-state index is -0.471. The van der Waals surface area contributed by atoms with Gasteiger partial charge in [0, 0.05) is 43.8 Å². The van der Waals surface area contributed by atoms with E-state index in [1.165, 1.54) is 95.7 Å². The average Bonchev–Trinajstić information content (AvgIpc) is 3.53. The Kier molecular flexibility index (Phi) is 11.2. The molecule has 1 saturated carbocycles. The van der Waals surface area contributed by atoms with Gasteiger partial charge in [0.1, 0.15) is 17.9 Å². The van der Waals surface area contributed by atoms with Crippen LogP contribution < -0.4 is 15.0 Å². The summed E-state index contributed by atoms with van der Waals surface area (Å²) in [7, 11) is 2.24. The van der Waals surface area contributed by atoms with Crippen LogP contribution in [0.25, 0.3) is 0 Å². The number of anilines is 1. The number of piperidine rings is 2. The van der Waals surface area contributed by atoms with Crippen molar-refractivity contribution in [2.75, 3.05) is 57.8 Å². The fourth-order valence-electron chi connectivity index (χ4n) is 8.86. The predicted molar refractivity (Wildman–Crippen MR) is 189 cm³/mol. The van der Waals surface area contributed by atoms with Crippen molar-refractivity contribution in [1.82, 2.24) is 30.0 Å². The first kappa shape index (κ1) is 35.0. The molecule has 1 aromatic carbocycles. The number of likely N-dealkylation sites (tertiary alicyclic amines) is 2. The number of halogens is 1. The molecule has 0 radical (unpaired) electrons. The molecule has 2 aromatic rings. The van der Waals surface area contributed by atoms with Gasteiger partial charge in [-0.1, -0.05) is 0 Å². The van der Waals surface area contributed by atoms with Crippen molar-refractivity contribution in [3.8, 4) is 11.5 Å². The van der Waals surface area contributed by atoms with Crippen molar-refractivity contribution >= 4 is 11.7 Å². The number of aromatic nitrogens is 2. The number of carbonyl (C=O) groups is 1. The van der Waals surface area contributed by atoms with Crippen molar-refractivity contribution in [1.29, 1.82) is 0 Å². The summed E-state index contributed by atoms with van der Waals surface area (Å²) in [6.07, 6.45) is 15.0. The predicted octanol–water partition coefficient (Wildman–Crippen LogP) is 6.20. The van der Waals surface area contributed by atoms with Gasteiger partial charge in [-0.3, -0.25) is 4.79 Å². The van der Waals surface area contributed by atoms with Crippen LogP contribution in [-0.2, 0) is 0 Å². The van der Waals surface area contributed by atoms with Crippen molar-refractivity contribution in [2.24, 2.45) is 11.3 Å². The van der Waals surface area contributed by atoms with E-state index in [2.05, 4.69) is 37.0 Å². The molecule has 264 valence electrons. The molecule has 9 nitrogen and oxygen atoms in total. The van der Waals surface area contributed by atoms with E-state index >= 15 is 0 Å². The lowest BCUT2D eigenvalue weighted by Gasteiger charge is -2.47. The zero-order valence-corrected chi connectivity index (χ0v) is 30.0. The van der Waals surface area contributed by atoms with E-state index in [-0.39, 0.29) is 23.6 Å². The number of hydrogen-bond donors (Lipinski definition) is 1. The number of hydrogen-bond acceptors (Lipinski definition) is 8. The topological polar surface area (TPSA) is 77.1 Å². The van der Waals surface area contributed by atoms with Gasteiger partial charge in [-0.15, -0.1) is 0 Å². The third-order valence-electron chi connectivity index (χ3n) is 11.7. The molecule has 1 amide bonds. The second kappa shape index (κ2) is 15.4. The van der Waals surface area contributed by atoms with Crippen LogP contribution in [0.5, 0.6) is 11.5 Å². The molecular formula is C38H58FN7O2. The molecule has 0 bridgehead atoms. The van der Waals surface area contributed by atoms with E-state index < -0.39 is 5.82 Å². The highest BCUT2D eigenvalue weighted by atomic mass is 19.1. The molecule has 1 atom stereocenters. The van der Waals surface area contributed by atoms with E-state index in [9.17, 15) is 9.18 Å². The third kappa shape index (κ3) is 8.30. The Bertz CT molecular complexity index is 1350. The van der Waals surface area contributed by atoms with E-state index in [0.717, 1.165) is 31.9 Å². The van der Waals surface area contributed by atoms with Crippen LogP contribution in [0, 0.1) is 17.2 Å².